The van der Waals surface area contributed by atoms with Crippen LogP contribution in [0, 0.1) is 23.7 Å². The quantitative estimate of drug-likeness (QED) is 0.237. The van der Waals surface area contributed by atoms with Crippen LogP contribution in [0.5, 0.6) is 11.5 Å². The molecule has 3 aliphatic rings. The van der Waals surface area contributed by atoms with Crippen LogP contribution in [0.4, 0.5) is 29.3 Å². The predicted octanol–water partition coefficient (Wildman–Crippen LogP) is 3.08. The van der Waals surface area contributed by atoms with Gasteiger partial charge in [0.2, 0.25) is 5.91 Å². The largest absolute Gasteiger partial charge is 0.573 e. The molecule has 6 rings (SSSR count). The lowest BCUT2D eigenvalue weighted by Gasteiger charge is -2.52. The summed E-state index contributed by atoms with van der Waals surface area (Å²) in [5, 5.41) is 27.7. The second-order valence-electron chi connectivity index (χ2n) is 13.0. The van der Waals surface area contributed by atoms with Crippen molar-refractivity contribution in [3.05, 3.63) is 71.8 Å². The van der Waals surface area contributed by atoms with Gasteiger partial charge in [0, 0.05) is 17.3 Å². The van der Waals surface area contributed by atoms with E-state index in [1.54, 1.807) is 30.3 Å². The van der Waals surface area contributed by atoms with Gasteiger partial charge in [-0.15, -0.1) is 13.2 Å². The number of amides is 3. The Morgan fingerprint density at radius 2 is 1.51 bits per heavy atom. The Bertz CT molecular complexity index is 1980. The first-order valence-corrected chi connectivity index (χ1v) is 15.7. The smallest absolute Gasteiger partial charge is 0.507 e. The summed E-state index contributed by atoms with van der Waals surface area (Å²) in [4.78, 5) is 80.9. The zero-order valence-electron chi connectivity index (χ0n) is 27.0. The molecule has 51 heavy (non-hydrogen) atoms. The third-order valence-corrected chi connectivity index (χ3v) is 9.74. The molecule has 3 amide bonds. The van der Waals surface area contributed by atoms with Crippen molar-refractivity contribution in [3.8, 4) is 22.6 Å². The van der Waals surface area contributed by atoms with Crippen molar-refractivity contribution >= 4 is 46.4 Å². The first kappa shape index (κ1) is 35.2. The van der Waals surface area contributed by atoms with Crippen LogP contribution >= 0.6 is 0 Å². The minimum atomic E-state index is -4.86. The standard InChI is InChI=1S/C35H31F3N4O9/c1-42(2)27-22-14-16-13-21-20(15-3-5-17(6-4-15)40-33(49)41-18-7-9-19(10-8-18)51-35(36,37)38)11-12-23(43)25(21)28(44)24(16)30(46)34(22,50)31(47)26(29(27)45)32(39)48/h3-12,16,22,24,26-27,43,50H,13-14H2,1-2H3,(H2,39,48)(H2,40,41,49)/t16-,22-,24?,26?,27?,34-/m0/s1. The van der Waals surface area contributed by atoms with E-state index in [0.717, 1.165) is 12.1 Å². The molecule has 3 aliphatic carbocycles. The number of ketones is 4. The monoisotopic (exact) mass is 708 g/mol. The van der Waals surface area contributed by atoms with Crippen molar-refractivity contribution in [1.82, 2.24) is 4.90 Å². The van der Waals surface area contributed by atoms with Crippen molar-refractivity contribution in [2.24, 2.45) is 29.4 Å². The Labute approximate surface area is 287 Å². The van der Waals surface area contributed by atoms with E-state index in [0.29, 0.717) is 22.4 Å². The topological polar surface area (TPSA) is 205 Å². The molecule has 16 heteroatoms. The Kier molecular flexibility index (Phi) is 8.71. The van der Waals surface area contributed by atoms with Gasteiger partial charge in [0.15, 0.2) is 34.7 Å². The molecular formula is C35H31F3N4O9. The SMILES string of the molecule is CN(C)C1C(=O)C(C(N)=O)C(=O)[C@@]2(O)C(=O)C3C(=O)c4c(O)ccc(-c5ccc(NC(=O)Nc6ccc(OC(F)(F)F)cc6)cc5)c4C[C@H]3C[C@@H]12. The van der Waals surface area contributed by atoms with Gasteiger partial charge in [0.1, 0.15) is 11.5 Å². The summed E-state index contributed by atoms with van der Waals surface area (Å²) in [7, 11) is 3.00. The van der Waals surface area contributed by atoms with Crippen molar-refractivity contribution in [2.75, 3.05) is 24.7 Å². The Morgan fingerprint density at radius 1 is 0.922 bits per heavy atom. The minimum absolute atomic E-state index is 0.0603. The number of phenolic OH excluding ortho intramolecular Hbond substituents is 1. The van der Waals surface area contributed by atoms with Gasteiger partial charge in [-0.1, -0.05) is 18.2 Å². The Balaban J connectivity index is 1.25. The third-order valence-electron chi connectivity index (χ3n) is 9.74. The molecule has 0 bridgehead atoms. The number of Topliss-reactive ketones (excluding diaryl/α,β-unsaturated/α-hetero) is 4. The zero-order chi connectivity index (χ0) is 37.2. The lowest BCUT2D eigenvalue weighted by Crippen LogP contribution is -2.74. The normalized spacial score (nSPS) is 25.8. The maximum Gasteiger partial charge on any atom is 0.573 e. The number of carbonyl (C=O) groups excluding carboxylic acids is 6. The van der Waals surface area contributed by atoms with E-state index >= 15 is 0 Å². The first-order chi connectivity index (χ1) is 23.9. The highest BCUT2D eigenvalue weighted by Crippen LogP contribution is 2.51. The number of fused-ring (bicyclic) bond motifs is 3. The van der Waals surface area contributed by atoms with Crippen LogP contribution in [0.1, 0.15) is 22.3 Å². The molecule has 2 fully saturated rings. The number of benzene rings is 3. The van der Waals surface area contributed by atoms with Crippen LogP contribution < -0.4 is 21.1 Å². The first-order valence-electron chi connectivity index (χ1n) is 15.7. The van der Waals surface area contributed by atoms with Crippen LogP contribution in [0.15, 0.2) is 60.7 Å². The maximum atomic E-state index is 14.0. The number of nitrogens with one attached hydrogen (secondary N) is 2. The van der Waals surface area contributed by atoms with E-state index in [1.807, 2.05) is 0 Å². The lowest BCUT2D eigenvalue weighted by atomic mass is 9.52. The Hall–Kier alpha value is -5.61. The molecule has 266 valence electrons. The fourth-order valence-corrected chi connectivity index (χ4v) is 7.64. The summed E-state index contributed by atoms with van der Waals surface area (Å²) in [6.07, 6.45) is -4.90. The minimum Gasteiger partial charge on any atom is -0.507 e. The van der Waals surface area contributed by atoms with Crippen molar-refractivity contribution in [2.45, 2.75) is 30.8 Å². The number of rotatable bonds is 6. The number of phenols is 1. The molecule has 0 aromatic heterocycles. The van der Waals surface area contributed by atoms with Crippen LogP contribution in [0.3, 0.4) is 0 Å². The summed E-state index contributed by atoms with van der Waals surface area (Å²) >= 11 is 0. The second kappa shape index (κ2) is 12.6. The summed E-state index contributed by atoms with van der Waals surface area (Å²) in [5.74, 6) is -12.0. The van der Waals surface area contributed by atoms with E-state index in [2.05, 4.69) is 15.4 Å². The molecule has 0 spiro atoms. The van der Waals surface area contributed by atoms with E-state index in [9.17, 15) is 52.2 Å². The number of primary amides is 1. The van der Waals surface area contributed by atoms with Gasteiger partial charge >= 0.3 is 12.4 Å². The van der Waals surface area contributed by atoms with E-state index in [4.69, 9.17) is 5.73 Å². The van der Waals surface area contributed by atoms with Crippen LogP contribution in [-0.2, 0) is 25.6 Å². The highest BCUT2D eigenvalue weighted by atomic mass is 19.4. The molecule has 3 unspecified atom stereocenters. The van der Waals surface area contributed by atoms with Gasteiger partial charge in [0.05, 0.1) is 17.5 Å². The summed E-state index contributed by atoms with van der Waals surface area (Å²) < 4.78 is 41.0. The number of carbonyl (C=O) groups is 6. The number of hydrogen-bond acceptors (Lipinski definition) is 10. The number of ether oxygens (including phenoxy) is 1. The van der Waals surface area contributed by atoms with Crippen molar-refractivity contribution in [1.29, 1.82) is 0 Å². The van der Waals surface area contributed by atoms with Crippen molar-refractivity contribution in [3.63, 3.8) is 0 Å². The average molecular weight is 709 g/mol. The number of hydrogen-bond donors (Lipinski definition) is 5. The molecule has 3 aromatic rings. The highest BCUT2D eigenvalue weighted by Gasteiger charge is 2.69. The van der Waals surface area contributed by atoms with Crippen LogP contribution in [-0.4, -0.2) is 82.3 Å². The van der Waals surface area contributed by atoms with Gasteiger partial charge in [-0.05, 0) is 92.0 Å². The molecule has 2 saturated carbocycles. The molecule has 0 saturated heterocycles. The average Bonchev–Trinajstić information content (AvgIpc) is 3.03. The van der Waals surface area contributed by atoms with Crippen LogP contribution in [0.25, 0.3) is 11.1 Å². The summed E-state index contributed by atoms with van der Waals surface area (Å²) in [6, 6.07) is 11.9. The van der Waals surface area contributed by atoms with E-state index < -0.39 is 88.2 Å². The number of urea groups is 1. The zero-order valence-corrected chi connectivity index (χ0v) is 27.0. The summed E-state index contributed by atoms with van der Waals surface area (Å²) in [5.41, 5.74) is 4.40. The van der Waals surface area contributed by atoms with Gasteiger partial charge in [-0.3, -0.25) is 28.9 Å². The number of nitrogens with zero attached hydrogens (tertiary/aromatic N) is 1. The van der Waals surface area contributed by atoms with Gasteiger partial charge in [-0.2, -0.15) is 0 Å². The van der Waals surface area contributed by atoms with Crippen molar-refractivity contribution < 1.29 is 56.9 Å². The Morgan fingerprint density at radius 3 is 2.06 bits per heavy atom. The fraction of sp³-hybridized carbons (Fsp3) is 0.314. The number of aromatic hydroxyl groups is 1. The lowest BCUT2D eigenvalue weighted by molar-refractivity contribution is -0.274. The number of aliphatic hydroxyl groups is 1. The van der Waals surface area contributed by atoms with E-state index in [-0.39, 0.29) is 24.1 Å². The summed E-state index contributed by atoms with van der Waals surface area (Å²) in [6.45, 7) is 0. The second-order valence-corrected chi connectivity index (χ2v) is 13.0. The molecule has 6 N–H and O–H groups in total. The molecule has 3 aromatic carbocycles. The molecule has 0 aliphatic heterocycles. The van der Waals surface area contributed by atoms with Gasteiger partial charge in [-0.25, -0.2) is 4.79 Å². The highest BCUT2D eigenvalue weighted by molar-refractivity contribution is 6.32. The van der Waals surface area contributed by atoms with Gasteiger partial charge < -0.3 is 31.3 Å². The number of nitrogens with two attached hydrogens (primary N) is 1. The van der Waals surface area contributed by atoms with Gasteiger partial charge in [0.25, 0.3) is 0 Å². The number of likely N-dealkylation sites (N-methyl/N-ethyl adjacent to an activating group) is 1. The molecule has 13 nitrogen and oxygen atoms in total. The fourth-order valence-electron chi connectivity index (χ4n) is 7.64. The molecule has 0 radical (unpaired) electrons. The number of halogens is 3. The third kappa shape index (κ3) is 6.10. The van der Waals surface area contributed by atoms with Crippen LogP contribution in [0.2, 0.25) is 0 Å². The molecular weight excluding hydrogens is 677 g/mol. The number of anilines is 2. The van der Waals surface area contributed by atoms with E-state index in [1.165, 1.54) is 37.2 Å². The number of alkyl halides is 3. The molecule has 0 heterocycles. The maximum absolute atomic E-state index is 14.0. The predicted molar refractivity (Wildman–Crippen MR) is 173 cm³/mol. The molecule has 6 atom stereocenters.